The molecule has 186 valence electrons. The first-order valence-corrected chi connectivity index (χ1v) is 12.6. The third kappa shape index (κ3) is 4.61. The lowest BCUT2D eigenvalue weighted by molar-refractivity contribution is -0.138. The summed E-state index contributed by atoms with van der Waals surface area (Å²) in [4.78, 5) is 28.2. The third-order valence-corrected chi connectivity index (χ3v) is 6.95. The summed E-state index contributed by atoms with van der Waals surface area (Å²) in [6.07, 6.45) is 1.76. The maximum absolute atomic E-state index is 13.7. The number of ether oxygens (including phenoxy) is 2. The van der Waals surface area contributed by atoms with Crippen LogP contribution in [0.5, 0.6) is 5.75 Å². The van der Waals surface area contributed by atoms with Gasteiger partial charge in [-0.05, 0) is 87.9 Å². The normalized spacial score (nSPS) is 14.7. The Hall–Kier alpha value is -3.29. The number of halogens is 2. The number of carbonyl (C=O) groups is 2. The molecule has 1 aromatic heterocycles. The Morgan fingerprint density at radius 1 is 1.06 bits per heavy atom. The van der Waals surface area contributed by atoms with Crippen molar-refractivity contribution in [2.45, 2.75) is 27.7 Å². The molecule has 0 saturated heterocycles. The molecule has 0 aliphatic carbocycles. The number of allylic oxidation sites excluding steroid dienone is 1. The summed E-state index contributed by atoms with van der Waals surface area (Å²) in [5, 5.41) is 0.502. The second kappa shape index (κ2) is 10.4. The second-order valence-corrected chi connectivity index (χ2v) is 9.66. The van der Waals surface area contributed by atoms with Crippen molar-refractivity contribution >= 4 is 51.2 Å². The van der Waals surface area contributed by atoms with E-state index in [0.717, 1.165) is 27.1 Å². The molecule has 36 heavy (non-hydrogen) atoms. The molecule has 3 aromatic rings. The lowest BCUT2D eigenvalue weighted by Crippen LogP contribution is -2.24. The Bertz CT molecular complexity index is 1420. The van der Waals surface area contributed by atoms with E-state index in [2.05, 4.69) is 15.9 Å². The molecule has 0 bridgehead atoms. The predicted molar refractivity (Wildman–Crippen MR) is 146 cm³/mol. The number of anilines is 1. The highest BCUT2D eigenvalue weighted by Crippen LogP contribution is 2.37. The number of carbonyl (C=O) groups excluding carboxylic acids is 2. The van der Waals surface area contributed by atoms with Gasteiger partial charge in [-0.15, -0.1) is 0 Å². The number of hydrogen-bond donors (Lipinski definition) is 0. The molecule has 1 aliphatic heterocycles. The van der Waals surface area contributed by atoms with Crippen molar-refractivity contribution in [3.63, 3.8) is 0 Å². The topological polar surface area (TPSA) is 60.8 Å². The van der Waals surface area contributed by atoms with Gasteiger partial charge in [0.1, 0.15) is 5.75 Å². The number of hydrogen-bond acceptors (Lipinski definition) is 4. The molecule has 0 N–H and O–H groups in total. The largest absolute Gasteiger partial charge is 0.495 e. The SMILES string of the molecule is CCOC(=O)C1=C(C)N(c2ccc(Br)cc2)C(=O)/C1=C\c1cc(C)n(-c2ccc(OC)c(Cl)c2)c1C. The molecule has 4 rings (SSSR count). The van der Waals surface area contributed by atoms with Crippen molar-refractivity contribution in [2.24, 2.45) is 0 Å². The van der Waals surface area contributed by atoms with Crippen LogP contribution in [0.3, 0.4) is 0 Å². The summed E-state index contributed by atoms with van der Waals surface area (Å²) in [7, 11) is 1.57. The number of methoxy groups -OCH3 is 1. The molecule has 2 heterocycles. The fourth-order valence-electron chi connectivity index (χ4n) is 4.46. The molecule has 0 saturated carbocycles. The van der Waals surface area contributed by atoms with Crippen molar-refractivity contribution in [3.8, 4) is 11.4 Å². The van der Waals surface area contributed by atoms with E-state index in [1.807, 2.05) is 66.9 Å². The van der Waals surface area contributed by atoms with Crippen molar-refractivity contribution < 1.29 is 19.1 Å². The summed E-state index contributed by atoms with van der Waals surface area (Å²) in [6, 6.07) is 14.9. The van der Waals surface area contributed by atoms with Crippen molar-refractivity contribution in [2.75, 3.05) is 18.6 Å². The Morgan fingerprint density at radius 3 is 2.33 bits per heavy atom. The summed E-state index contributed by atoms with van der Waals surface area (Å²) in [5.41, 5.74) is 5.30. The molecule has 1 aliphatic rings. The van der Waals surface area contributed by atoms with Crippen molar-refractivity contribution in [1.82, 2.24) is 4.57 Å². The van der Waals surface area contributed by atoms with Crippen LogP contribution in [0.2, 0.25) is 5.02 Å². The minimum absolute atomic E-state index is 0.210. The van der Waals surface area contributed by atoms with Gasteiger partial charge in [-0.1, -0.05) is 27.5 Å². The fourth-order valence-corrected chi connectivity index (χ4v) is 4.98. The van der Waals surface area contributed by atoms with E-state index in [4.69, 9.17) is 21.1 Å². The Kier molecular flexibility index (Phi) is 7.43. The molecule has 0 atom stereocenters. The molecule has 0 spiro atoms. The number of amides is 1. The van der Waals surface area contributed by atoms with Gasteiger partial charge in [0.05, 0.1) is 29.9 Å². The number of aryl methyl sites for hydroxylation is 1. The van der Waals surface area contributed by atoms with Gasteiger partial charge in [-0.25, -0.2) is 4.79 Å². The van der Waals surface area contributed by atoms with Crippen LogP contribution in [-0.2, 0) is 14.3 Å². The number of esters is 1. The molecule has 2 aromatic carbocycles. The van der Waals surface area contributed by atoms with Crippen LogP contribution in [-0.4, -0.2) is 30.2 Å². The zero-order valence-electron chi connectivity index (χ0n) is 20.7. The highest BCUT2D eigenvalue weighted by atomic mass is 79.9. The first-order valence-electron chi connectivity index (χ1n) is 11.4. The minimum Gasteiger partial charge on any atom is -0.495 e. The molecule has 6 nitrogen and oxygen atoms in total. The number of aromatic nitrogens is 1. The van der Waals surface area contributed by atoms with E-state index < -0.39 is 5.97 Å². The van der Waals surface area contributed by atoms with Crippen LogP contribution in [0.4, 0.5) is 5.69 Å². The average Bonchev–Trinajstić information content (AvgIpc) is 3.25. The van der Waals surface area contributed by atoms with Gasteiger partial charge in [0.25, 0.3) is 5.91 Å². The monoisotopic (exact) mass is 568 g/mol. The van der Waals surface area contributed by atoms with Crippen LogP contribution in [0, 0.1) is 13.8 Å². The first kappa shape index (κ1) is 25.8. The van der Waals surface area contributed by atoms with Gasteiger partial charge < -0.3 is 14.0 Å². The maximum Gasteiger partial charge on any atom is 0.340 e. The summed E-state index contributed by atoms with van der Waals surface area (Å²) >= 11 is 9.80. The predicted octanol–water partition coefficient (Wildman–Crippen LogP) is 6.79. The minimum atomic E-state index is -0.523. The zero-order chi connectivity index (χ0) is 26.1. The second-order valence-electron chi connectivity index (χ2n) is 8.34. The van der Waals surface area contributed by atoms with Gasteiger partial charge in [-0.2, -0.15) is 0 Å². The maximum atomic E-state index is 13.7. The van der Waals surface area contributed by atoms with Crippen LogP contribution < -0.4 is 9.64 Å². The summed E-state index contributed by atoms with van der Waals surface area (Å²) < 4.78 is 13.5. The molecule has 1 amide bonds. The van der Waals surface area contributed by atoms with Crippen LogP contribution >= 0.6 is 27.5 Å². The van der Waals surface area contributed by atoms with E-state index >= 15 is 0 Å². The van der Waals surface area contributed by atoms with Crippen LogP contribution in [0.1, 0.15) is 30.8 Å². The lowest BCUT2D eigenvalue weighted by Gasteiger charge is -2.18. The van der Waals surface area contributed by atoms with Gasteiger partial charge >= 0.3 is 5.97 Å². The highest BCUT2D eigenvalue weighted by Gasteiger charge is 2.38. The smallest absolute Gasteiger partial charge is 0.340 e. The van der Waals surface area contributed by atoms with Gasteiger partial charge in [-0.3, -0.25) is 9.69 Å². The van der Waals surface area contributed by atoms with Gasteiger partial charge in [0.2, 0.25) is 0 Å². The third-order valence-electron chi connectivity index (χ3n) is 6.13. The first-order chi connectivity index (χ1) is 17.2. The molecular formula is C28H26BrClN2O4. The van der Waals surface area contributed by atoms with Crippen molar-refractivity contribution in [3.05, 3.63) is 91.8 Å². The fraction of sp³-hybridized carbons (Fsp3) is 0.214. The van der Waals surface area contributed by atoms with Gasteiger partial charge in [0, 0.05) is 32.9 Å². The quantitative estimate of drug-likeness (QED) is 0.242. The number of benzene rings is 2. The Morgan fingerprint density at radius 2 is 1.72 bits per heavy atom. The zero-order valence-corrected chi connectivity index (χ0v) is 23.0. The average molecular weight is 570 g/mol. The molecule has 0 radical (unpaired) electrons. The molecule has 0 unspecified atom stereocenters. The van der Waals surface area contributed by atoms with Gasteiger partial charge in [0.15, 0.2) is 0 Å². The standard InChI is InChI=1S/C28H26BrClN2O4/c1-6-36-28(34)26-18(4)32(21-9-7-20(29)8-10-21)27(33)23(26)14-19-13-16(2)31(17(19)3)22-11-12-25(35-5)24(30)15-22/h7-15H,6H2,1-5H3/b23-14-. The van der Waals surface area contributed by atoms with E-state index in [-0.39, 0.29) is 18.1 Å². The molecule has 8 heteroatoms. The number of nitrogens with zero attached hydrogens (tertiary/aromatic N) is 2. The summed E-state index contributed by atoms with van der Waals surface area (Å²) in [6.45, 7) is 7.65. The van der Waals surface area contributed by atoms with E-state index in [1.165, 1.54) is 0 Å². The lowest BCUT2D eigenvalue weighted by atomic mass is 10.0. The van der Waals surface area contributed by atoms with E-state index in [9.17, 15) is 9.59 Å². The van der Waals surface area contributed by atoms with Crippen LogP contribution in [0.15, 0.2) is 69.8 Å². The Labute approximate surface area is 223 Å². The number of rotatable bonds is 6. The molecule has 0 fully saturated rings. The van der Waals surface area contributed by atoms with E-state index in [1.54, 1.807) is 31.9 Å². The van der Waals surface area contributed by atoms with Crippen molar-refractivity contribution in [1.29, 1.82) is 0 Å². The van der Waals surface area contributed by atoms with Crippen LogP contribution in [0.25, 0.3) is 11.8 Å². The highest BCUT2D eigenvalue weighted by molar-refractivity contribution is 9.10. The van der Waals surface area contributed by atoms with E-state index in [0.29, 0.717) is 27.7 Å². The Balaban J connectivity index is 1.83. The summed E-state index contributed by atoms with van der Waals surface area (Å²) in [5.74, 6) is -0.213. The molecular weight excluding hydrogens is 544 g/mol.